The van der Waals surface area contributed by atoms with Gasteiger partial charge in [-0.25, -0.2) is 4.98 Å². The number of hydrogen-bond acceptors (Lipinski definition) is 4. The standard InChI is InChI=1S/C13H25N3S/c1-5-8-16(9-7-14)12(6-2)13-15-10(3)11(4)17-13/h12H,5-9,14H2,1-4H3. The van der Waals surface area contributed by atoms with Crippen LogP contribution in [0.2, 0.25) is 0 Å². The van der Waals surface area contributed by atoms with E-state index < -0.39 is 0 Å². The van der Waals surface area contributed by atoms with E-state index >= 15 is 0 Å². The molecule has 0 aliphatic heterocycles. The summed E-state index contributed by atoms with van der Waals surface area (Å²) in [7, 11) is 0. The Morgan fingerprint density at radius 2 is 2.00 bits per heavy atom. The summed E-state index contributed by atoms with van der Waals surface area (Å²) in [5.74, 6) is 0. The first-order valence-electron chi connectivity index (χ1n) is 6.52. The predicted molar refractivity (Wildman–Crippen MR) is 75.5 cm³/mol. The van der Waals surface area contributed by atoms with Crippen LogP contribution in [0.1, 0.15) is 48.3 Å². The highest BCUT2D eigenvalue weighted by Gasteiger charge is 2.21. The molecule has 0 radical (unpaired) electrons. The predicted octanol–water partition coefficient (Wildman–Crippen LogP) is 2.88. The van der Waals surface area contributed by atoms with Gasteiger partial charge in [0.1, 0.15) is 5.01 Å². The molecule has 0 fully saturated rings. The lowest BCUT2D eigenvalue weighted by molar-refractivity contribution is 0.197. The van der Waals surface area contributed by atoms with E-state index in [4.69, 9.17) is 10.7 Å². The summed E-state index contributed by atoms with van der Waals surface area (Å²) in [5, 5.41) is 1.25. The zero-order valence-corrected chi connectivity index (χ0v) is 12.3. The summed E-state index contributed by atoms with van der Waals surface area (Å²) in [6.45, 7) is 11.5. The van der Waals surface area contributed by atoms with Gasteiger partial charge in [-0.15, -0.1) is 11.3 Å². The fraction of sp³-hybridized carbons (Fsp3) is 0.769. The smallest absolute Gasteiger partial charge is 0.110 e. The molecule has 3 nitrogen and oxygen atoms in total. The van der Waals surface area contributed by atoms with E-state index in [1.54, 1.807) is 0 Å². The summed E-state index contributed by atoms with van der Waals surface area (Å²) in [6.07, 6.45) is 2.27. The number of thiazole rings is 1. The fourth-order valence-corrected chi connectivity index (χ4v) is 3.25. The van der Waals surface area contributed by atoms with Gasteiger partial charge in [-0.05, 0) is 33.2 Å². The molecule has 0 aliphatic rings. The van der Waals surface area contributed by atoms with E-state index in [0.29, 0.717) is 6.04 Å². The normalized spacial score (nSPS) is 13.3. The van der Waals surface area contributed by atoms with Crippen molar-refractivity contribution in [1.29, 1.82) is 0 Å². The quantitative estimate of drug-likeness (QED) is 0.814. The molecule has 2 N–H and O–H groups in total. The van der Waals surface area contributed by atoms with Crippen molar-refractivity contribution in [2.24, 2.45) is 5.73 Å². The lowest BCUT2D eigenvalue weighted by atomic mass is 10.2. The van der Waals surface area contributed by atoms with Crippen molar-refractivity contribution in [3.8, 4) is 0 Å². The van der Waals surface area contributed by atoms with E-state index in [0.717, 1.165) is 26.1 Å². The maximum atomic E-state index is 5.71. The molecule has 0 bridgehead atoms. The molecular weight excluding hydrogens is 230 g/mol. The molecule has 1 aromatic heterocycles. The Labute approximate surface area is 109 Å². The van der Waals surface area contributed by atoms with E-state index in [9.17, 15) is 0 Å². The van der Waals surface area contributed by atoms with Gasteiger partial charge in [-0.1, -0.05) is 13.8 Å². The molecule has 0 amide bonds. The van der Waals surface area contributed by atoms with E-state index in [1.807, 2.05) is 11.3 Å². The minimum Gasteiger partial charge on any atom is -0.329 e. The van der Waals surface area contributed by atoms with Crippen molar-refractivity contribution in [2.45, 2.75) is 46.6 Å². The second-order valence-corrected chi connectivity index (χ2v) is 5.68. The van der Waals surface area contributed by atoms with E-state index in [2.05, 4.69) is 32.6 Å². The summed E-state index contributed by atoms with van der Waals surface area (Å²) in [4.78, 5) is 8.51. The summed E-state index contributed by atoms with van der Waals surface area (Å²) >= 11 is 1.83. The minimum atomic E-state index is 0.441. The molecule has 1 rings (SSSR count). The number of aromatic nitrogens is 1. The van der Waals surface area contributed by atoms with Gasteiger partial charge in [-0.3, -0.25) is 4.90 Å². The van der Waals surface area contributed by atoms with Crippen LogP contribution in [0.3, 0.4) is 0 Å². The van der Waals surface area contributed by atoms with Crippen molar-refractivity contribution in [1.82, 2.24) is 9.88 Å². The van der Waals surface area contributed by atoms with Crippen molar-refractivity contribution in [2.75, 3.05) is 19.6 Å². The zero-order chi connectivity index (χ0) is 12.8. The van der Waals surface area contributed by atoms with Crippen molar-refractivity contribution in [3.63, 3.8) is 0 Å². The Morgan fingerprint density at radius 3 is 2.41 bits per heavy atom. The third-order valence-corrected chi connectivity index (χ3v) is 4.26. The van der Waals surface area contributed by atoms with Crippen LogP contribution in [0.15, 0.2) is 0 Å². The summed E-state index contributed by atoms with van der Waals surface area (Å²) in [6, 6.07) is 0.441. The molecule has 1 atom stereocenters. The van der Waals surface area contributed by atoms with Gasteiger partial charge in [0.05, 0.1) is 11.7 Å². The maximum Gasteiger partial charge on any atom is 0.110 e. The molecule has 0 spiro atoms. The number of aryl methyl sites for hydroxylation is 2. The average molecular weight is 255 g/mol. The maximum absolute atomic E-state index is 5.71. The third-order valence-electron chi connectivity index (χ3n) is 3.08. The van der Waals surface area contributed by atoms with Gasteiger partial charge in [-0.2, -0.15) is 0 Å². The lowest BCUT2D eigenvalue weighted by Crippen LogP contribution is -2.33. The molecule has 0 saturated heterocycles. The summed E-state index contributed by atoms with van der Waals surface area (Å²) in [5.41, 5.74) is 6.88. The minimum absolute atomic E-state index is 0.441. The molecule has 1 heterocycles. The van der Waals surface area contributed by atoms with Crippen LogP contribution in [0, 0.1) is 13.8 Å². The molecule has 1 unspecified atom stereocenters. The fourth-order valence-electron chi connectivity index (χ4n) is 2.11. The highest BCUT2D eigenvalue weighted by atomic mass is 32.1. The van der Waals surface area contributed by atoms with Gasteiger partial charge in [0.15, 0.2) is 0 Å². The van der Waals surface area contributed by atoms with E-state index in [1.165, 1.54) is 22.0 Å². The molecule has 17 heavy (non-hydrogen) atoms. The number of nitrogens with zero attached hydrogens (tertiary/aromatic N) is 2. The largest absolute Gasteiger partial charge is 0.329 e. The van der Waals surface area contributed by atoms with Crippen molar-refractivity contribution >= 4 is 11.3 Å². The molecule has 1 aromatic rings. The molecular formula is C13H25N3S. The molecule has 0 saturated carbocycles. The highest BCUT2D eigenvalue weighted by molar-refractivity contribution is 7.11. The van der Waals surface area contributed by atoms with Gasteiger partial charge in [0.25, 0.3) is 0 Å². The zero-order valence-electron chi connectivity index (χ0n) is 11.5. The Balaban J connectivity index is 2.86. The first kappa shape index (κ1) is 14.6. The van der Waals surface area contributed by atoms with Crippen molar-refractivity contribution in [3.05, 3.63) is 15.6 Å². The van der Waals surface area contributed by atoms with Crippen LogP contribution >= 0.6 is 11.3 Å². The second kappa shape index (κ2) is 7.09. The van der Waals surface area contributed by atoms with Crippen LogP contribution in [0.5, 0.6) is 0 Å². The Morgan fingerprint density at radius 1 is 1.29 bits per heavy atom. The topological polar surface area (TPSA) is 42.1 Å². The number of nitrogens with two attached hydrogens (primary N) is 1. The highest BCUT2D eigenvalue weighted by Crippen LogP contribution is 2.29. The number of rotatable bonds is 7. The third kappa shape index (κ3) is 3.76. The van der Waals surface area contributed by atoms with Crippen molar-refractivity contribution < 1.29 is 0 Å². The van der Waals surface area contributed by atoms with Crippen LogP contribution < -0.4 is 5.73 Å². The molecule has 98 valence electrons. The van der Waals surface area contributed by atoms with Crippen LogP contribution in [0.4, 0.5) is 0 Å². The average Bonchev–Trinajstić information content (AvgIpc) is 2.61. The van der Waals surface area contributed by atoms with E-state index in [-0.39, 0.29) is 0 Å². The Hall–Kier alpha value is -0.450. The number of hydrogen-bond donors (Lipinski definition) is 1. The molecule has 4 heteroatoms. The Bertz CT molecular complexity index is 310. The van der Waals surface area contributed by atoms with Crippen LogP contribution in [-0.4, -0.2) is 29.5 Å². The summed E-state index contributed by atoms with van der Waals surface area (Å²) < 4.78 is 0. The van der Waals surface area contributed by atoms with Gasteiger partial charge < -0.3 is 5.73 Å². The van der Waals surface area contributed by atoms with Crippen LogP contribution in [-0.2, 0) is 0 Å². The molecule has 0 aromatic carbocycles. The SMILES string of the molecule is CCCN(CCN)C(CC)c1nc(C)c(C)s1. The lowest BCUT2D eigenvalue weighted by Gasteiger charge is -2.28. The van der Waals surface area contributed by atoms with Crippen LogP contribution in [0.25, 0.3) is 0 Å². The second-order valence-electron chi connectivity index (χ2n) is 4.44. The Kier molecular flexibility index (Phi) is 6.09. The monoisotopic (exact) mass is 255 g/mol. The first-order valence-corrected chi connectivity index (χ1v) is 7.33. The van der Waals surface area contributed by atoms with Gasteiger partial charge in [0.2, 0.25) is 0 Å². The van der Waals surface area contributed by atoms with Gasteiger partial charge in [0, 0.05) is 18.0 Å². The molecule has 0 aliphatic carbocycles. The first-order chi connectivity index (χ1) is 8.13. The van der Waals surface area contributed by atoms with Gasteiger partial charge >= 0.3 is 0 Å².